The van der Waals surface area contributed by atoms with Crippen molar-refractivity contribution in [2.45, 2.75) is 59.5 Å². The normalized spacial score (nSPS) is 40.8. The van der Waals surface area contributed by atoms with Gasteiger partial charge in [-0.25, -0.2) is 0 Å². The summed E-state index contributed by atoms with van der Waals surface area (Å²) in [5, 5.41) is 0. The first-order chi connectivity index (χ1) is 8.58. The molecule has 2 fully saturated rings. The van der Waals surface area contributed by atoms with Gasteiger partial charge < -0.3 is 4.74 Å². The molecule has 108 valence electrons. The molecule has 0 amide bonds. The zero-order chi connectivity index (χ0) is 14.3. The number of ether oxygens (including phenoxy) is 1. The molecule has 2 aliphatic carbocycles. The SMILES string of the molecule is CBr.CC.CC1CC2CC(C)C(C)(OC=O)C2C1. The Balaban J connectivity index is 0.000000659. The average Bonchev–Trinajstić information content (AvgIpc) is 2.84. The smallest absolute Gasteiger partial charge is 0.293 e. The molecule has 0 N–H and O–H groups in total. The lowest BCUT2D eigenvalue weighted by Crippen LogP contribution is -2.38. The number of alkyl halides is 1. The maximum absolute atomic E-state index is 10.6. The third-order valence-corrected chi connectivity index (χ3v) is 4.60. The number of fused-ring (bicyclic) bond motifs is 1. The Kier molecular flexibility index (Phi) is 8.16. The minimum atomic E-state index is -0.183. The van der Waals surface area contributed by atoms with Crippen molar-refractivity contribution < 1.29 is 9.53 Å². The van der Waals surface area contributed by atoms with Gasteiger partial charge in [-0.3, -0.25) is 4.79 Å². The van der Waals surface area contributed by atoms with Crippen LogP contribution in [-0.4, -0.2) is 17.9 Å². The minimum Gasteiger partial charge on any atom is -0.461 e. The van der Waals surface area contributed by atoms with Crippen LogP contribution in [0.5, 0.6) is 0 Å². The predicted octanol–water partition coefficient (Wildman–Crippen LogP) is 4.66. The van der Waals surface area contributed by atoms with Crippen LogP contribution in [-0.2, 0) is 9.53 Å². The number of hydrogen-bond donors (Lipinski definition) is 0. The third-order valence-electron chi connectivity index (χ3n) is 4.60. The zero-order valence-corrected chi connectivity index (χ0v) is 14.3. The van der Waals surface area contributed by atoms with Gasteiger partial charge in [-0.15, -0.1) is 0 Å². The summed E-state index contributed by atoms with van der Waals surface area (Å²) in [6.07, 6.45) is 3.80. The average molecular weight is 321 g/mol. The van der Waals surface area contributed by atoms with E-state index in [1.807, 2.05) is 19.7 Å². The van der Waals surface area contributed by atoms with Crippen molar-refractivity contribution in [3.05, 3.63) is 0 Å². The second-order valence-corrected chi connectivity index (χ2v) is 5.48. The van der Waals surface area contributed by atoms with Gasteiger partial charge in [0.25, 0.3) is 6.47 Å². The van der Waals surface area contributed by atoms with E-state index >= 15 is 0 Å². The molecule has 5 atom stereocenters. The van der Waals surface area contributed by atoms with Crippen LogP contribution in [0.4, 0.5) is 0 Å². The molecule has 2 aliphatic rings. The Morgan fingerprint density at radius 2 is 1.72 bits per heavy atom. The lowest BCUT2D eigenvalue weighted by atomic mass is 9.84. The molecule has 0 saturated heterocycles. The van der Waals surface area contributed by atoms with Crippen molar-refractivity contribution >= 4 is 22.4 Å². The lowest BCUT2D eigenvalue weighted by Gasteiger charge is -2.33. The maximum atomic E-state index is 10.6. The monoisotopic (exact) mass is 320 g/mol. The van der Waals surface area contributed by atoms with Crippen LogP contribution in [0.2, 0.25) is 0 Å². The first-order valence-electron chi connectivity index (χ1n) is 7.07. The van der Waals surface area contributed by atoms with Gasteiger partial charge >= 0.3 is 0 Å². The Morgan fingerprint density at radius 1 is 1.17 bits per heavy atom. The minimum absolute atomic E-state index is 0.183. The van der Waals surface area contributed by atoms with Gasteiger partial charge in [0.2, 0.25) is 0 Å². The molecule has 2 saturated carbocycles. The van der Waals surface area contributed by atoms with Crippen molar-refractivity contribution in [1.82, 2.24) is 0 Å². The fourth-order valence-corrected chi connectivity index (χ4v) is 3.73. The zero-order valence-electron chi connectivity index (χ0n) is 12.7. The van der Waals surface area contributed by atoms with Crippen LogP contribution in [0.1, 0.15) is 53.9 Å². The van der Waals surface area contributed by atoms with Crippen LogP contribution < -0.4 is 0 Å². The summed E-state index contributed by atoms with van der Waals surface area (Å²) in [5.74, 6) is 4.55. The Labute approximate surface area is 121 Å². The van der Waals surface area contributed by atoms with Gasteiger partial charge in [0.15, 0.2) is 0 Å². The highest BCUT2D eigenvalue weighted by Crippen LogP contribution is 2.55. The lowest BCUT2D eigenvalue weighted by molar-refractivity contribution is -0.150. The van der Waals surface area contributed by atoms with Gasteiger partial charge in [-0.05, 0) is 49.8 Å². The van der Waals surface area contributed by atoms with Crippen LogP contribution >= 0.6 is 15.9 Å². The standard InChI is InChI=1S/C12H20O2.C2H6.CH3Br/c1-8-4-10-6-9(2)12(3,14-7-13)11(10)5-8;2*1-2/h7-11H,4-6H2,1-3H3;1-2H3;1H3. The number of halogens is 1. The van der Waals surface area contributed by atoms with E-state index in [9.17, 15) is 4.79 Å². The van der Waals surface area contributed by atoms with Crippen molar-refractivity contribution in [2.24, 2.45) is 23.7 Å². The van der Waals surface area contributed by atoms with Crippen molar-refractivity contribution in [3.8, 4) is 0 Å². The molecule has 18 heavy (non-hydrogen) atoms. The fraction of sp³-hybridized carbons (Fsp3) is 0.933. The number of rotatable bonds is 2. The van der Waals surface area contributed by atoms with Gasteiger partial charge in [-0.2, -0.15) is 0 Å². The van der Waals surface area contributed by atoms with Crippen molar-refractivity contribution in [2.75, 3.05) is 5.83 Å². The summed E-state index contributed by atoms with van der Waals surface area (Å²) < 4.78 is 5.38. The number of carbonyl (C=O) groups excluding carboxylic acids is 1. The molecule has 0 heterocycles. The van der Waals surface area contributed by atoms with E-state index < -0.39 is 0 Å². The van der Waals surface area contributed by atoms with Gasteiger partial charge in [-0.1, -0.05) is 43.6 Å². The molecule has 0 aromatic rings. The van der Waals surface area contributed by atoms with E-state index in [-0.39, 0.29) is 5.60 Å². The molecule has 0 spiro atoms. The first-order valence-corrected chi connectivity index (χ1v) is 8.65. The third kappa shape index (κ3) is 3.49. The van der Waals surface area contributed by atoms with Crippen LogP contribution in [0.15, 0.2) is 0 Å². The van der Waals surface area contributed by atoms with E-state index in [4.69, 9.17) is 4.74 Å². The second kappa shape index (κ2) is 8.19. The largest absolute Gasteiger partial charge is 0.461 e. The van der Waals surface area contributed by atoms with Gasteiger partial charge in [0.1, 0.15) is 5.60 Å². The highest BCUT2D eigenvalue weighted by molar-refractivity contribution is 9.08. The molecular formula is C15H29BrO2. The molecule has 3 heteroatoms. The Bertz CT molecular complexity index is 245. The Hall–Kier alpha value is -0.0500. The molecule has 0 bridgehead atoms. The van der Waals surface area contributed by atoms with Crippen molar-refractivity contribution in [1.29, 1.82) is 0 Å². The topological polar surface area (TPSA) is 26.3 Å². The first kappa shape index (κ1) is 17.9. The summed E-state index contributed by atoms with van der Waals surface area (Å²) >= 11 is 2.94. The molecule has 2 rings (SSSR count). The van der Waals surface area contributed by atoms with E-state index in [1.165, 1.54) is 19.3 Å². The fourth-order valence-electron chi connectivity index (χ4n) is 3.73. The van der Waals surface area contributed by atoms with E-state index in [0.29, 0.717) is 18.3 Å². The Morgan fingerprint density at radius 3 is 2.22 bits per heavy atom. The highest BCUT2D eigenvalue weighted by atomic mass is 79.9. The molecule has 5 unspecified atom stereocenters. The number of carbonyl (C=O) groups is 1. The molecule has 2 nitrogen and oxygen atoms in total. The second-order valence-electron chi connectivity index (χ2n) is 5.48. The molecular weight excluding hydrogens is 292 g/mol. The summed E-state index contributed by atoms with van der Waals surface area (Å²) in [6.45, 7) is 11.3. The van der Waals surface area contributed by atoms with E-state index in [0.717, 1.165) is 11.8 Å². The molecule has 0 aromatic carbocycles. The summed E-state index contributed by atoms with van der Waals surface area (Å²) in [7, 11) is 0. The van der Waals surface area contributed by atoms with E-state index in [1.54, 1.807) is 0 Å². The summed E-state index contributed by atoms with van der Waals surface area (Å²) in [6, 6.07) is 0. The summed E-state index contributed by atoms with van der Waals surface area (Å²) in [4.78, 5) is 10.6. The predicted molar refractivity (Wildman–Crippen MR) is 80.9 cm³/mol. The molecule has 0 radical (unpaired) electrons. The van der Waals surface area contributed by atoms with Gasteiger partial charge in [0, 0.05) is 5.92 Å². The number of hydrogen-bond acceptors (Lipinski definition) is 2. The molecule has 0 aliphatic heterocycles. The quantitative estimate of drug-likeness (QED) is 0.546. The summed E-state index contributed by atoms with van der Waals surface area (Å²) in [5.41, 5.74) is -0.183. The van der Waals surface area contributed by atoms with Crippen LogP contribution in [0, 0.1) is 23.7 Å². The van der Waals surface area contributed by atoms with Crippen LogP contribution in [0.3, 0.4) is 0 Å². The van der Waals surface area contributed by atoms with E-state index in [2.05, 4.69) is 36.7 Å². The van der Waals surface area contributed by atoms with Crippen molar-refractivity contribution in [3.63, 3.8) is 0 Å². The molecule has 0 aromatic heterocycles. The van der Waals surface area contributed by atoms with Crippen LogP contribution in [0.25, 0.3) is 0 Å². The van der Waals surface area contributed by atoms with Gasteiger partial charge in [0.05, 0.1) is 0 Å². The maximum Gasteiger partial charge on any atom is 0.293 e. The highest BCUT2D eigenvalue weighted by Gasteiger charge is 2.54.